The van der Waals surface area contributed by atoms with Crippen LogP contribution in [0.1, 0.15) is 15.9 Å². The standard InChI is InChI=1S/C14H12F3N3O/c15-14(16,17)10-6-7-12(11(18)8-10)20(19)13(21)9-4-2-1-3-5-9/h1-8H,18-19H2. The largest absolute Gasteiger partial charge is 0.416 e. The third-order valence-electron chi connectivity index (χ3n) is 2.85. The van der Waals surface area contributed by atoms with E-state index in [2.05, 4.69) is 0 Å². The van der Waals surface area contributed by atoms with E-state index < -0.39 is 17.6 Å². The second-order valence-electron chi connectivity index (χ2n) is 4.31. The lowest BCUT2D eigenvalue weighted by atomic mass is 10.1. The number of nitrogens with zero attached hydrogens (tertiary/aromatic N) is 1. The summed E-state index contributed by atoms with van der Waals surface area (Å²) >= 11 is 0. The first-order chi connectivity index (χ1) is 9.80. The van der Waals surface area contributed by atoms with Gasteiger partial charge in [-0.25, -0.2) is 10.9 Å². The Bertz CT molecular complexity index is 656. The highest BCUT2D eigenvalue weighted by molar-refractivity contribution is 6.06. The van der Waals surface area contributed by atoms with E-state index in [9.17, 15) is 18.0 Å². The zero-order chi connectivity index (χ0) is 15.6. The van der Waals surface area contributed by atoms with Gasteiger partial charge in [-0.3, -0.25) is 4.79 Å². The lowest BCUT2D eigenvalue weighted by Gasteiger charge is -2.19. The zero-order valence-corrected chi connectivity index (χ0v) is 10.8. The topological polar surface area (TPSA) is 72.3 Å². The lowest BCUT2D eigenvalue weighted by Crippen LogP contribution is -2.38. The van der Waals surface area contributed by atoms with Crippen molar-refractivity contribution in [1.29, 1.82) is 0 Å². The molecule has 0 aromatic heterocycles. The molecule has 21 heavy (non-hydrogen) atoms. The van der Waals surface area contributed by atoms with Crippen LogP contribution in [0.5, 0.6) is 0 Å². The fourth-order valence-electron chi connectivity index (χ4n) is 1.78. The number of nitrogens with two attached hydrogens (primary N) is 2. The zero-order valence-electron chi connectivity index (χ0n) is 10.8. The van der Waals surface area contributed by atoms with Gasteiger partial charge in [0.2, 0.25) is 0 Å². The van der Waals surface area contributed by atoms with Crippen molar-refractivity contribution < 1.29 is 18.0 Å². The molecule has 110 valence electrons. The summed E-state index contributed by atoms with van der Waals surface area (Å²) < 4.78 is 37.7. The van der Waals surface area contributed by atoms with Gasteiger partial charge in [-0.1, -0.05) is 18.2 Å². The molecule has 0 bridgehead atoms. The van der Waals surface area contributed by atoms with Crippen LogP contribution in [0.2, 0.25) is 0 Å². The van der Waals surface area contributed by atoms with Crippen molar-refractivity contribution in [3.05, 3.63) is 59.7 Å². The summed E-state index contributed by atoms with van der Waals surface area (Å²) in [4.78, 5) is 12.1. The van der Waals surface area contributed by atoms with Crippen molar-refractivity contribution in [3.8, 4) is 0 Å². The van der Waals surface area contributed by atoms with Gasteiger partial charge in [0.05, 0.1) is 16.9 Å². The van der Waals surface area contributed by atoms with Gasteiger partial charge >= 0.3 is 6.18 Å². The van der Waals surface area contributed by atoms with E-state index in [1.54, 1.807) is 30.3 Å². The molecule has 0 aliphatic carbocycles. The molecule has 0 saturated heterocycles. The number of halogens is 3. The molecule has 0 aliphatic rings. The second kappa shape index (κ2) is 5.45. The minimum absolute atomic E-state index is 0.0110. The number of carbonyl (C=O) groups is 1. The smallest absolute Gasteiger partial charge is 0.397 e. The van der Waals surface area contributed by atoms with Gasteiger partial charge in [0, 0.05) is 5.56 Å². The summed E-state index contributed by atoms with van der Waals surface area (Å²) in [7, 11) is 0. The van der Waals surface area contributed by atoms with Crippen molar-refractivity contribution in [2.24, 2.45) is 5.84 Å². The van der Waals surface area contributed by atoms with Crippen LogP contribution in [0.15, 0.2) is 48.5 Å². The van der Waals surface area contributed by atoms with Crippen LogP contribution in [0.3, 0.4) is 0 Å². The third kappa shape index (κ3) is 3.14. The Balaban J connectivity index is 2.32. The number of alkyl halides is 3. The maximum atomic E-state index is 12.6. The number of hydrogen-bond donors (Lipinski definition) is 2. The molecule has 0 unspecified atom stereocenters. The van der Waals surface area contributed by atoms with E-state index in [1.165, 1.54) is 0 Å². The van der Waals surface area contributed by atoms with E-state index in [0.717, 1.165) is 23.2 Å². The monoisotopic (exact) mass is 295 g/mol. The quantitative estimate of drug-likeness (QED) is 0.387. The number of hydrazine groups is 1. The number of amides is 1. The van der Waals surface area contributed by atoms with Gasteiger partial charge < -0.3 is 5.73 Å². The van der Waals surface area contributed by atoms with Crippen LogP contribution in [-0.2, 0) is 6.18 Å². The molecule has 2 aromatic carbocycles. The van der Waals surface area contributed by atoms with Gasteiger partial charge in [-0.05, 0) is 30.3 Å². The molecular formula is C14H12F3N3O. The van der Waals surface area contributed by atoms with Gasteiger partial charge in [0.15, 0.2) is 0 Å². The summed E-state index contributed by atoms with van der Waals surface area (Å²) in [5.74, 6) is 5.09. The van der Waals surface area contributed by atoms with Crippen LogP contribution >= 0.6 is 0 Å². The van der Waals surface area contributed by atoms with Gasteiger partial charge in [0.1, 0.15) is 0 Å². The molecule has 0 atom stereocenters. The van der Waals surface area contributed by atoms with Crippen LogP contribution in [0.25, 0.3) is 0 Å². The molecule has 1 amide bonds. The van der Waals surface area contributed by atoms with Crippen molar-refractivity contribution in [2.75, 3.05) is 10.7 Å². The van der Waals surface area contributed by atoms with E-state index in [1.807, 2.05) is 0 Å². The van der Waals surface area contributed by atoms with E-state index in [4.69, 9.17) is 11.6 Å². The average Bonchev–Trinajstić information content (AvgIpc) is 2.45. The number of rotatable bonds is 2. The SMILES string of the molecule is Nc1cc(C(F)(F)F)ccc1N(N)C(=O)c1ccccc1. The third-order valence-corrected chi connectivity index (χ3v) is 2.85. The van der Waals surface area contributed by atoms with Crippen molar-refractivity contribution in [1.82, 2.24) is 0 Å². The summed E-state index contributed by atoms with van der Waals surface area (Å²) in [6.07, 6.45) is -4.50. The molecule has 0 heterocycles. The van der Waals surface area contributed by atoms with Gasteiger partial charge in [-0.2, -0.15) is 13.2 Å². The molecule has 2 rings (SSSR count). The van der Waals surface area contributed by atoms with Crippen LogP contribution in [0, 0.1) is 0 Å². The Hall–Kier alpha value is -2.54. The molecule has 7 heteroatoms. The first-order valence-corrected chi connectivity index (χ1v) is 5.91. The van der Waals surface area contributed by atoms with Crippen LogP contribution in [-0.4, -0.2) is 5.91 Å². The Morgan fingerprint density at radius 2 is 1.67 bits per heavy atom. The Morgan fingerprint density at radius 3 is 2.19 bits per heavy atom. The minimum Gasteiger partial charge on any atom is -0.397 e. The van der Waals surface area contributed by atoms with Crippen molar-refractivity contribution in [3.63, 3.8) is 0 Å². The Morgan fingerprint density at radius 1 is 1.05 bits per heavy atom. The normalized spacial score (nSPS) is 11.2. The van der Waals surface area contributed by atoms with E-state index >= 15 is 0 Å². The predicted octanol–water partition coefficient (Wildman–Crippen LogP) is 2.81. The molecular weight excluding hydrogens is 283 g/mol. The summed E-state index contributed by atoms with van der Waals surface area (Å²) in [6.45, 7) is 0. The fourth-order valence-corrected chi connectivity index (χ4v) is 1.78. The Kier molecular flexibility index (Phi) is 3.86. The molecule has 2 aromatic rings. The first-order valence-electron chi connectivity index (χ1n) is 5.91. The predicted molar refractivity (Wildman–Crippen MR) is 73.3 cm³/mol. The van der Waals surface area contributed by atoms with Crippen molar-refractivity contribution in [2.45, 2.75) is 6.18 Å². The number of benzene rings is 2. The molecule has 4 nitrogen and oxygen atoms in total. The highest BCUT2D eigenvalue weighted by atomic mass is 19.4. The number of anilines is 2. The first kappa shape index (κ1) is 14.9. The molecule has 0 saturated carbocycles. The number of hydrogen-bond acceptors (Lipinski definition) is 3. The number of carbonyl (C=O) groups excluding carboxylic acids is 1. The van der Waals surface area contributed by atoms with E-state index in [-0.39, 0.29) is 11.4 Å². The maximum Gasteiger partial charge on any atom is 0.416 e. The Labute approximate surface area is 118 Å². The van der Waals surface area contributed by atoms with E-state index in [0.29, 0.717) is 5.56 Å². The van der Waals surface area contributed by atoms with Crippen molar-refractivity contribution >= 4 is 17.3 Å². The van der Waals surface area contributed by atoms with Crippen LogP contribution < -0.4 is 16.6 Å². The minimum atomic E-state index is -4.50. The molecule has 4 N–H and O–H groups in total. The van der Waals surface area contributed by atoms with Gasteiger partial charge in [0.25, 0.3) is 5.91 Å². The summed E-state index contributed by atoms with van der Waals surface area (Å²) in [5, 5.41) is 0.727. The molecule has 0 spiro atoms. The van der Waals surface area contributed by atoms with Gasteiger partial charge in [-0.15, -0.1) is 0 Å². The molecule has 0 radical (unpaired) electrons. The van der Waals surface area contributed by atoms with Crippen LogP contribution in [0.4, 0.5) is 24.5 Å². The molecule has 0 aliphatic heterocycles. The molecule has 0 fully saturated rings. The lowest BCUT2D eigenvalue weighted by molar-refractivity contribution is -0.137. The maximum absolute atomic E-state index is 12.6. The fraction of sp³-hybridized carbons (Fsp3) is 0.0714. The second-order valence-corrected chi connectivity index (χ2v) is 4.31. The summed E-state index contributed by atoms with van der Waals surface area (Å²) in [6, 6.07) is 10.7. The number of nitrogen functional groups attached to an aromatic ring is 1. The average molecular weight is 295 g/mol. The highest BCUT2D eigenvalue weighted by Crippen LogP contribution is 2.33. The summed E-state index contributed by atoms with van der Waals surface area (Å²) in [5.41, 5.74) is 4.75. The highest BCUT2D eigenvalue weighted by Gasteiger charge is 2.31.